The van der Waals surface area contributed by atoms with Gasteiger partial charge in [-0.2, -0.15) is 0 Å². The maximum Gasteiger partial charge on any atom is 0.314 e. The van der Waals surface area contributed by atoms with Gasteiger partial charge in [0.05, 0.1) is 37.2 Å². The van der Waals surface area contributed by atoms with Crippen LogP contribution < -0.4 is 0 Å². The van der Waals surface area contributed by atoms with Gasteiger partial charge in [0.1, 0.15) is 43.9 Å². The highest BCUT2D eigenvalue weighted by atomic mass is 35.5. The highest BCUT2D eigenvalue weighted by molar-refractivity contribution is 6.35. The number of aromatic nitrogens is 2. The Morgan fingerprint density at radius 1 is 0.786 bits per heavy atom. The Morgan fingerprint density at radius 3 is 1.62 bits per heavy atom. The third-order valence-corrected chi connectivity index (χ3v) is 8.65. The van der Waals surface area contributed by atoms with Crippen molar-refractivity contribution in [3.8, 4) is 22.3 Å². The number of pyridine rings is 2. The van der Waals surface area contributed by atoms with Gasteiger partial charge in [0, 0.05) is 47.6 Å². The number of aldehydes is 1. The molecule has 1 aliphatic rings. The van der Waals surface area contributed by atoms with Gasteiger partial charge in [-0.15, -0.1) is 0 Å². The first kappa shape index (κ1) is 50.2. The summed E-state index contributed by atoms with van der Waals surface area (Å²) < 4.78 is 67.9. The molecule has 5 rings (SSSR count). The fourth-order valence-electron chi connectivity index (χ4n) is 4.70. The van der Waals surface area contributed by atoms with Crippen LogP contribution in [0.25, 0.3) is 22.3 Å². The minimum Gasteiger partial charge on any atom is -0.469 e. The smallest absolute Gasteiger partial charge is 0.314 e. The molecule has 1 fully saturated rings. The average molecular weight is 869 g/mol. The molecule has 0 aliphatic carbocycles. The van der Waals surface area contributed by atoms with Crippen LogP contribution in [-0.4, -0.2) is 60.7 Å². The monoisotopic (exact) mass is 866 g/mol. The minimum atomic E-state index is -1.48. The molecule has 1 N–H and O–H groups in total. The van der Waals surface area contributed by atoms with Crippen LogP contribution in [0.3, 0.4) is 0 Å². The van der Waals surface area contributed by atoms with E-state index in [2.05, 4.69) is 14.7 Å². The molecular weight excluding hydrogens is 826 g/mol. The van der Waals surface area contributed by atoms with Crippen molar-refractivity contribution < 1.29 is 51.3 Å². The molecule has 1 unspecified atom stereocenters. The first-order valence-electron chi connectivity index (χ1n) is 16.3. The molecule has 0 spiro atoms. The van der Waals surface area contributed by atoms with Gasteiger partial charge < -0.3 is 19.3 Å². The number of aliphatic hydroxyl groups is 1. The van der Waals surface area contributed by atoms with E-state index in [-0.39, 0.29) is 73.3 Å². The third kappa shape index (κ3) is 14.0. The van der Waals surface area contributed by atoms with Crippen LogP contribution in [0.1, 0.15) is 70.0 Å². The van der Waals surface area contributed by atoms with E-state index >= 15 is 0 Å². The van der Waals surface area contributed by atoms with Crippen molar-refractivity contribution in [3.63, 3.8) is 0 Å². The largest absolute Gasteiger partial charge is 0.469 e. The Kier molecular flexibility index (Phi) is 21.0. The zero-order valence-corrected chi connectivity index (χ0v) is 33.5. The molecular formula is C39H42Cl4F4N2O7. The summed E-state index contributed by atoms with van der Waals surface area (Å²) in [7, 11) is 2.57. The van der Waals surface area contributed by atoms with Gasteiger partial charge in [0.2, 0.25) is 0 Å². The Hall–Kier alpha value is -3.85. The predicted molar refractivity (Wildman–Crippen MR) is 209 cm³/mol. The van der Waals surface area contributed by atoms with Crippen molar-refractivity contribution in [2.24, 2.45) is 11.3 Å². The van der Waals surface area contributed by atoms with Gasteiger partial charge in [0.15, 0.2) is 6.29 Å². The first-order chi connectivity index (χ1) is 25.8. The number of carbonyl (C=O) groups excluding carboxylic acids is 3. The lowest BCUT2D eigenvalue weighted by Gasteiger charge is -2.29. The molecule has 1 saturated heterocycles. The standard InChI is InChI=1S/C17H15Cl2F2NO3.C12H5Cl2F2NO.C5H10O2.C4H8O.CH4/c1-17(2,16(24)25-3)14(23)13-10(7-12(18)22-15(13)19)9-5-4-8(20)6-11(9)21;13-11-4-8(9(5-18)12(14)17-11)7-2-1-6(15)3-10(7)16;1-4(2)5(6)7-3;1-2-4-5-3-1;/h4-7,14,23H,1-3H3;1-5H;4H,1-3H3;1-4H2;1H4. The number of hydrogen-bond acceptors (Lipinski definition) is 9. The Balaban J connectivity index is 0.000000437. The van der Waals surface area contributed by atoms with Crippen molar-refractivity contribution in [1.82, 2.24) is 9.97 Å². The van der Waals surface area contributed by atoms with E-state index < -0.39 is 40.8 Å². The summed E-state index contributed by atoms with van der Waals surface area (Å²) in [6.45, 7) is 8.48. The topological polar surface area (TPSA) is 125 Å². The second kappa shape index (κ2) is 23.4. The summed E-state index contributed by atoms with van der Waals surface area (Å²) in [6, 6.07) is 8.53. The van der Waals surface area contributed by atoms with Crippen LogP contribution in [0.15, 0.2) is 48.5 Å². The van der Waals surface area contributed by atoms with Gasteiger partial charge in [-0.3, -0.25) is 14.4 Å². The second-order valence-electron chi connectivity index (χ2n) is 12.4. The first-order valence-corrected chi connectivity index (χ1v) is 17.8. The minimum absolute atomic E-state index is 0. The molecule has 9 nitrogen and oxygen atoms in total. The third-order valence-electron chi connectivity index (χ3n) is 7.69. The number of aliphatic hydroxyl groups excluding tert-OH is 1. The number of esters is 2. The molecule has 3 heterocycles. The SMILES string of the molecule is C.C1CCOC1.COC(=O)C(C)(C)C(O)c1c(-c2ccc(F)cc2F)cc(Cl)nc1Cl.COC(=O)C(C)C.O=Cc1c(-c2ccc(F)cc2F)cc(Cl)nc1Cl. The van der Waals surface area contributed by atoms with Crippen LogP contribution >= 0.6 is 46.4 Å². The van der Waals surface area contributed by atoms with E-state index in [1.807, 2.05) is 0 Å². The summed E-state index contributed by atoms with van der Waals surface area (Å²) in [5.41, 5.74) is -1.14. The van der Waals surface area contributed by atoms with Crippen molar-refractivity contribution in [3.05, 3.63) is 104 Å². The number of methoxy groups -OCH3 is 2. The summed E-state index contributed by atoms with van der Waals surface area (Å²) in [6.07, 6.45) is 1.53. The van der Waals surface area contributed by atoms with Crippen molar-refractivity contribution in [2.45, 2.75) is 54.1 Å². The van der Waals surface area contributed by atoms with Crippen LogP contribution in [0.4, 0.5) is 17.6 Å². The fourth-order valence-corrected chi connectivity index (χ4v) is 5.71. The quantitative estimate of drug-likeness (QED) is 0.0836. The number of halogens is 8. The lowest BCUT2D eigenvalue weighted by Crippen LogP contribution is -2.33. The number of ether oxygens (including phenoxy) is 3. The van der Waals surface area contributed by atoms with E-state index in [1.165, 1.54) is 65.2 Å². The van der Waals surface area contributed by atoms with Gasteiger partial charge in [0.25, 0.3) is 0 Å². The second-order valence-corrected chi connectivity index (χ2v) is 13.9. The number of nitrogens with zero attached hydrogens (tertiary/aromatic N) is 2. The van der Waals surface area contributed by atoms with Crippen molar-refractivity contribution >= 4 is 64.6 Å². The molecule has 1 aliphatic heterocycles. The highest BCUT2D eigenvalue weighted by Gasteiger charge is 2.40. The molecule has 4 aromatic rings. The fraction of sp³-hybridized carbons (Fsp3) is 0.359. The highest BCUT2D eigenvalue weighted by Crippen LogP contribution is 2.43. The maximum atomic E-state index is 14.2. The molecule has 0 amide bonds. The average Bonchev–Trinajstić information content (AvgIpc) is 3.71. The van der Waals surface area contributed by atoms with E-state index in [4.69, 9.17) is 55.9 Å². The van der Waals surface area contributed by atoms with E-state index in [0.717, 1.165) is 25.3 Å². The van der Waals surface area contributed by atoms with Gasteiger partial charge in [-0.05, 0) is 68.7 Å². The zero-order valence-electron chi connectivity index (χ0n) is 30.5. The number of rotatable bonds is 7. The molecule has 0 bridgehead atoms. The van der Waals surface area contributed by atoms with E-state index in [0.29, 0.717) is 18.4 Å². The van der Waals surface area contributed by atoms with Gasteiger partial charge in [-0.1, -0.05) is 67.7 Å². The predicted octanol–water partition coefficient (Wildman–Crippen LogP) is 11.0. The molecule has 0 radical (unpaired) electrons. The summed E-state index contributed by atoms with van der Waals surface area (Å²) >= 11 is 23.5. The molecule has 2 aromatic heterocycles. The maximum absolute atomic E-state index is 14.2. The molecule has 17 heteroatoms. The van der Waals surface area contributed by atoms with Crippen LogP contribution in [0.2, 0.25) is 20.6 Å². The Morgan fingerprint density at radius 2 is 1.25 bits per heavy atom. The molecule has 1 atom stereocenters. The zero-order chi connectivity index (χ0) is 41.6. The van der Waals surface area contributed by atoms with Crippen molar-refractivity contribution in [1.29, 1.82) is 0 Å². The van der Waals surface area contributed by atoms with Crippen LogP contribution in [0.5, 0.6) is 0 Å². The van der Waals surface area contributed by atoms with E-state index in [9.17, 15) is 37.1 Å². The lowest BCUT2D eigenvalue weighted by atomic mass is 9.80. The summed E-state index contributed by atoms with van der Waals surface area (Å²) in [5, 5.41) is 10.4. The number of carbonyl (C=O) groups is 3. The van der Waals surface area contributed by atoms with Crippen molar-refractivity contribution in [2.75, 3.05) is 27.4 Å². The van der Waals surface area contributed by atoms with Gasteiger partial charge >= 0.3 is 11.9 Å². The van der Waals surface area contributed by atoms with E-state index in [1.54, 1.807) is 13.8 Å². The summed E-state index contributed by atoms with van der Waals surface area (Å²) in [4.78, 5) is 40.8. The molecule has 2 aromatic carbocycles. The van der Waals surface area contributed by atoms with Crippen LogP contribution in [-0.2, 0) is 23.8 Å². The Bertz CT molecular complexity index is 1960. The molecule has 306 valence electrons. The number of hydrogen-bond donors (Lipinski definition) is 1. The Labute approximate surface area is 343 Å². The normalized spacial score (nSPS) is 12.4. The number of benzene rings is 2. The van der Waals surface area contributed by atoms with Gasteiger partial charge in [-0.25, -0.2) is 27.5 Å². The molecule has 56 heavy (non-hydrogen) atoms. The molecule has 0 saturated carbocycles. The van der Waals surface area contributed by atoms with Crippen LogP contribution in [0, 0.1) is 34.6 Å². The summed E-state index contributed by atoms with van der Waals surface area (Å²) in [5.74, 6) is -4.00. The lowest BCUT2D eigenvalue weighted by molar-refractivity contribution is -0.157.